The summed E-state index contributed by atoms with van der Waals surface area (Å²) in [5, 5.41) is 21.4. The van der Waals surface area contributed by atoms with Crippen LogP contribution in [0.25, 0.3) is 0 Å². The molecule has 476 valence electrons. The molecule has 0 aromatic heterocycles. The first-order valence-electron chi connectivity index (χ1n) is 30.1. The highest BCUT2D eigenvalue weighted by molar-refractivity contribution is 6.87. The second kappa shape index (κ2) is 38.4. The molecule has 6 aromatic rings. The Hall–Kier alpha value is -5.10. The highest BCUT2D eigenvalue weighted by Crippen LogP contribution is 2.38. The summed E-state index contributed by atoms with van der Waals surface area (Å²) in [6.07, 6.45) is 3.56. The quantitative estimate of drug-likeness (QED) is 0.0156. The molecule has 0 aliphatic rings. The van der Waals surface area contributed by atoms with Crippen molar-refractivity contribution < 1.29 is 56.0 Å². The highest BCUT2D eigenvalue weighted by Gasteiger charge is 2.64. The predicted octanol–water partition coefficient (Wildman–Crippen LogP) is 12.9. The third kappa shape index (κ3) is 24.0. The van der Waals surface area contributed by atoms with Crippen LogP contribution in [-0.2, 0) is 56.0 Å². The number of para-hydroxylation sites is 6. The fraction of sp³-hybridized carbons (Fsp3) is 0.419. The topological polar surface area (TPSA) is 192 Å². The van der Waals surface area contributed by atoms with E-state index in [4.69, 9.17) is 56.0 Å². The summed E-state index contributed by atoms with van der Waals surface area (Å²) in [4.78, 5) is 0. The minimum atomic E-state index is -4.22. The molecule has 0 saturated carbocycles. The van der Waals surface area contributed by atoms with Gasteiger partial charge in [-0.25, -0.2) is 0 Å². The van der Waals surface area contributed by atoms with Crippen LogP contribution in [0.5, 0.6) is 0 Å². The van der Waals surface area contributed by atoms with E-state index in [0.29, 0.717) is 114 Å². The zero-order chi connectivity index (χ0) is 61.8. The van der Waals surface area contributed by atoms with E-state index in [1.165, 1.54) is 0 Å². The molecule has 6 aromatic carbocycles. The van der Waals surface area contributed by atoms with Gasteiger partial charge in [-0.1, -0.05) is 109 Å². The van der Waals surface area contributed by atoms with Crippen LogP contribution in [0.15, 0.2) is 182 Å². The van der Waals surface area contributed by atoms with Crippen LogP contribution in [0.2, 0.25) is 36.3 Å². The number of nitrogens with one attached hydrogen (secondary N) is 6. The van der Waals surface area contributed by atoms with E-state index < -0.39 is 52.8 Å². The normalized spacial score (nSPS) is 14.6. The van der Waals surface area contributed by atoms with E-state index in [1.54, 1.807) is 56.9 Å². The standard InChI is InChI=1S/C62H96N6O13Si6/c1-69-82(70-2,51-27-45-63-57-33-15-9-16-34-57)77-84(73-5,53-29-47-65-59-37-19-11-20-38-59)79-86(75-7,55-31-49-67-61-41-23-13-24-42-61)81-87(76-8,56-32-50-68-62-43-25-14-26-44-62)80-85(74-6,54-30-48-66-60-39-21-12-22-40-60)78-83(71-3,72-4)52-28-46-64-58-35-17-10-18-36-58/h9-26,33-44,63-68H,27-32,45-56H2,1-8H3. The summed E-state index contributed by atoms with van der Waals surface area (Å²) in [6.45, 7) is 3.53. The Labute approximate surface area is 524 Å². The van der Waals surface area contributed by atoms with E-state index in [-0.39, 0.29) is 0 Å². The summed E-state index contributed by atoms with van der Waals surface area (Å²) in [7, 11) is -10.7. The molecule has 19 nitrogen and oxygen atoms in total. The molecule has 6 N–H and O–H groups in total. The van der Waals surface area contributed by atoms with Gasteiger partial charge < -0.3 is 87.9 Å². The van der Waals surface area contributed by atoms with Crippen molar-refractivity contribution in [2.24, 2.45) is 0 Å². The molecule has 0 bridgehead atoms. The van der Waals surface area contributed by atoms with Crippen LogP contribution in [0.1, 0.15) is 38.5 Å². The van der Waals surface area contributed by atoms with Crippen LogP contribution >= 0.6 is 0 Å². The Morgan fingerprint density at radius 2 is 0.345 bits per heavy atom. The second-order valence-corrected chi connectivity index (χ2v) is 39.2. The molecule has 0 radical (unpaired) electrons. The summed E-state index contributed by atoms with van der Waals surface area (Å²) < 4.78 is 91.3. The number of rotatable bonds is 48. The SMILES string of the molecule is CO[Si](CCCNc1ccccc1)(OC)O[Si](CCCNc1ccccc1)(OC)O[Si](CCCNc1ccccc1)(OC)O[Si](CCCNc1ccccc1)(OC)O[Si](CCCNc1ccccc1)(OC)O[Si](CCCNc1ccccc1)(OC)OC. The fourth-order valence-electron chi connectivity index (χ4n) is 9.82. The summed E-state index contributed by atoms with van der Waals surface area (Å²) in [5.74, 6) is 0. The van der Waals surface area contributed by atoms with E-state index in [0.717, 1.165) is 34.1 Å². The average molecular weight is 1300 g/mol. The zero-order valence-corrected chi connectivity index (χ0v) is 58.4. The molecule has 25 heteroatoms. The molecule has 0 saturated heterocycles. The molecule has 4 atom stereocenters. The van der Waals surface area contributed by atoms with Gasteiger partial charge in [-0.05, 0) is 111 Å². The maximum atomic E-state index is 7.85. The summed E-state index contributed by atoms with van der Waals surface area (Å²) in [5.41, 5.74) is 5.94. The molecule has 0 aliphatic heterocycles. The van der Waals surface area contributed by atoms with E-state index >= 15 is 0 Å². The zero-order valence-electron chi connectivity index (χ0n) is 52.4. The van der Waals surface area contributed by atoms with Crippen LogP contribution in [0, 0.1) is 0 Å². The summed E-state index contributed by atoms with van der Waals surface area (Å²) in [6, 6.07) is 62.7. The van der Waals surface area contributed by atoms with Gasteiger partial charge in [-0.3, -0.25) is 0 Å². The molecule has 6 rings (SSSR count). The molecular formula is C62H96N6O13Si6. The van der Waals surface area contributed by atoms with Gasteiger partial charge >= 0.3 is 52.8 Å². The molecule has 87 heavy (non-hydrogen) atoms. The van der Waals surface area contributed by atoms with Crippen LogP contribution in [0.3, 0.4) is 0 Å². The lowest BCUT2D eigenvalue weighted by Gasteiger charge is -2.46. The first-order valence-corrected chi connectivity index (χ1v) is 41.7. The average Bonchev–Trinajstić information content (AvgIpc) is 1.24. The number of anilines is 6. The van der Waals surface area contributed by atoms with Gasteiger partial charge in [0.1, 0.15) is 0 Å². The third-order valence-electron chi connectivity index (χ3n) is 14.6. The van der Waals surface area contributed by atoms with Crippen molar-refractivity contribution in [3.63, 3.8) is 0 Å². The predicted molar refractivity (Wildman–Crippen MR) is 362 cm³/mol. The molecule has 0 fully saturated rings. The minimum absolute atomic E-state index is 0.291. The van der Waals surface area contributed by atoms with Crippen molar-refractivity contribution in [3.8, 4) is 0 Å². The van der Waals surface area contributed by atoms with E-state index in [2.05, 4.69) is 31.9 Å². The number of hydrogen-bond donors (Lipinski definition) is 6. The monoisotopic (exact) mass is 1300 g/mol. The van der Waals surface area contributed by atoms with Gasteiger partial charge in [0.2, 0.25) is 0 Å². The van der Waals surface area contributed by atoms with Crippen molar-refractivity contribution in [2.45, 2.75) is 74.8 Å². The van der Waals surface area contributed by atoms with Crippen molar-refractivity contribution in [1.29, 1.82) is 0 Å². The van der Waals surface area contributed by atoms with Crippen LogP contribution in [0.4, 0.5) is 34.1 Å². The Bertz CT molecular complexity index is 2540. The summed E-state index contributed by atoms with van der Waals surface area (Å²) >= 11 is 0. The third-order valence-corrected chi connectivity index (χ3v) is 37.8. The Morgan fingerprint density at radius 1 is 0.207 bits per heavy atom. The van der Waals surface area contributed by atoms with Gasteiger partial charge in [0, 0.05) is 167 Å². The van der Waals surface area contributed by atoms with Crippen molar-refractivity contribution in [1.82, 2.24) is 0 Å². The molecule has 0 aliphatic carbocycles. The Kier molecular flexibility index (Phi) is 31.4. The maximum Gasteiger partial charge on any atom is 0.493 e. The van der Waals surface area contributed by atoms with Crippen LogP contribution in [-0.4, -0.2) is 149 Å². The molecule has 4 unspecified atom stereocenters. The minimum Gasteiger partial charge on any atom is -0.385 e. The lowest BCUT2D eigenvalue weighted by Crippen LogP contribution is -2.69. The number of benzene rings is 6. The highest BCUT2D eigenvalue weighted by atomic mass is 28.5. The van der Waals surface area contributed by atoms with Crippen molar-refractivity contribution in [2.75, 3.05) is 128 Å². The first kappa shape index (κ1) is 71.0. The lowest BCUT2D eigenvalue weighted by molar-refractivity contribution is 0.0520. The van der Waals surface area contributed by atoms with Gasteiger partial charge in [-0.2, -0.15) is 0 Å². The molecule has 0 amide bonds. The smallest absolute Gasteiger partial charge is 0.385 e. The van der Waals surface area contributed by atoms with Gasteiger partial charge in [-0.15, -0.1) is 0 Å². The second-order valence-electron chi connectivity index (χ2n) is 20.6. The molecule has 0 heterocycles. The fourth-order valence-corrected chi connectivity index (χ4v) is 35.2. The molecular weight excluding hydrogens is 1210 g/mol. The Balaban J connectivity index is 1.43. The first-order chi connectivity index (χ1) is 42.5. The van der Waals surface area contributed by atoms with E-state index in [1.807, 2.05) is 182 Å². The Morgan fingerprint density at radius 3 is 0.494 bits per heavy atom. The molecule has 0 spiro atoms. The van der Waals surface area contributed by atoms with E-state index in [9.17, 15) is 0 Å². The largest absolute Gasteiger partial charge is 0.493 e. The maximum absolute atomic E-state index is 7.85. The number of hydrogen-bond acceptors (Lipinski definition) is 19. The van der Waals surface area contributed by atoms with Crippen molar-refractivity contribution >= 4 is 87.0 Å². The van der Waals surface area contributed by atoms with Gasteiger partial charge in [0.15, 0.2) is 0 Å². The van der Waals surface area contributed by atoms with Crippen LogP contribution < -0.4 is 31.9 Å². The lowest BCUT2D eigenvalue weighted by atomic mass is 10.3. The van der Waals surface area contributed by atoms with Gasteiger partial charge in [0.25, 0.3) is 0 Å². The van der Waals surface area contributed by atoms with Crippen molar-refractivity contribution in [3.05, 3.63) is 182 Å². The van der Waals surface area contributed by atoms with Gasteiger partial charge in [0.05, 0.1) is 0 Å².